The number of nitrogens with one attached hydrogen (secondary N) is 1. The van der Waals surface area contributed by atoms with Crippen molar-refractivity contribution in [2.75, 3.05) is 40.8 Å². The SMILES string of the molecule is CN=C(NCC(c1ccc(C)cc1)N(C)C)N1CCC(C)C(n2ccnc2)C1. The molecule has 2 heterocycles. The lowest BCUT2D eigenvalue weighted by Gasteiger charge is -2.39. The van der Waals surface area contributed by atoms with E-state index in [2.05, 4.69) is 88.1 Å². The van der Waals surface area contributed by atoms with Gasteiger partial charge in [0.1, 0.15) is 0 Å². The van der Waals surface area contributed by atoms with Crippen LogP contribution in [0.5, 0.6) is 0 Å². The number of aromatic nitrogens is 2. The molecule has 28 heavy (non-hydrogen) atoms. The van der Waals surface area contributed by atoms with Gasteiger partial charge in [-0.1, -0.05) is 36.8 Å². The summed E-state index contributed by atoms with van der Waals surface area (Å²) in [5.41, 5.74) is 2.61. The monoisotopic (exact) mass is 382 g/mol. The Kier molecular flexibility index (Phi) is 6.73. The average molecular weight is 383 g/mol. The van der Waals surface area contributed by atoms with Gasteiger partial charge in [-0.05, 0) is 38.9 Å². The zero-order valence-corrected chi connectivity index (χ0v) is 17.8. The number of hydrogen-bond acceptors (Lipinski definition) is 3. The van der Waals surface area contributed by atoms with Gasteiger partial charge in [0, 0.05) is 39.1 Å². The molecule has 0 amide bonds. The highest BCUT2D eigenvalue weighted by atomic mass is 15.3. The molecule has 0 aliphatic carbocycles. The molecule has 1 saturated heterocycles. The zero-order chi connectivity index (χ0) is 20.1. The van der Waals surface area contributed by atoms with E-state index in [9.17, 15) is 0 Å². The lowest BCUT2D eigenvalue weighted by molar-refractivity contribution is 0.187. The van der Waals surface area contributed by atoms with Crippen LogP contribution < -0.4 is 5.32 Å². The summed E-state index contributed by atoms with van der Waals surface area (Å²) in [6.07, 6.45) is 7.02. The van der Waals surface area contributed by atoms with Gasteiger partial charge in [0.15, 0.2) is 5.96 Å². The first-order chi connectivity index (χ1) is 13.5. The van der Waals surface area contributed by atoms with Gasteiger partial charge in [-0.2, -0.15) is 0 Å². The number of guanidine groups is 1. The molecule has 1 aliphatic rings. The van der Waals surface area contributed by atoms with Crippen LogP contribution >= 0.6 is 0 Å². The normalized spacial score (nSPS) is 21.8. The van der Waals surface area contributed by atoms with Gasteiger partial charge in [-0.15, -0.1) is 0 Å². The molecule has 0 saturated carbocycles. The van der Waals surface area contributed by atoms with Crippen LogP contribution in [-0.2, 0) is 0 Å². The van der Waals surface area contributed by atoms with Crippen molar-refractivity contribution in [2.45, 2.75) is 32.4 Å². The fraction of sp³-hybridized carbons (Fsp3) is 0.545. The van der Waals surface area contributed by atoms with Crippen LogP contribution in [0.4, 0.5) is 0 Å². The van der Waals surface area contributed by atoms with Crippen molar-refractivity contribution in [3.63, 3.8) is 0 Å². The minimum absolute atomic E-state index is 0.297. The molecule has 0 spiro atoms. The summed E-state index contributed by atoms with van der Waals surface area (Å²) in [4.78, 5) is 13.5. The van der Waals surface area contributed by atoms with Crippen molar-refractivity contribution >= 4 is 5.96 Å². The number of aryl methyl sites for hydroxylation is 1. The third-order valence-corrected chi connectivity index (χ3v) is 5.88. The molecule has 1 aromatic carbocycles. The average Bonchev–Trinajstić information content (AvgIpc) is 3.21. The highest BCUT2D eigenvalue weighted by molar-refractivity contribution is 5.80. The fourth-order valence-electron chi connectivity index (χ4n) is 4.00. The number of imidazole rings is 1. The highest BCUT2D eigenvalue weighted by Crippen LogP contribution is 2.27. The number of likely N-dealkylation sites (tertiary alicyclic amines) is 1. The third-order valence-electron chi connectivity index (χ3n) is 5.88. The van der Waals surface area contributed by atoms with Crippen LogP contribution in [-0.4, -0.2) is 66.1 Å². The molecular formula is C22H34N6. The van der Waals surface area contributed by atoms with Crippen molar-refractivity contribution in [1.82, 2.24) is 24.7 Å². The van der Waals surface area contributed by atoms with Crippen LogP contribution in [0.3, 0.4) is 0 Å². The Labute approximate surface area is 169 Å². The summed E-state index contributed by atoms with van der Waals surface area (Å²) in [7, 11) is 6.14. The predicted octanol–water partition coefficient (Wildman–Crippen LogP) is 2.95. The van der Waals surface area contributed by atoms with Gasteiger partial charge >= 0.3 is 0 Å². The molecule has 0 bridgehead atoms. The van der Waals surface area contributed by atoms with Crippen LogP contribution in [0.1, 0.15) is 36.6 Å². The summed E-state index contributed by atoms with van der Waals surface area (Å²) in [6, 6.07) is 9.54. The molecule has 1 aliphatic heterocycles. The van der Waals surface area contributed by atoms with E-state index in [0.717, 1.165) is 32.0 Å². The first-order valence-corrected chi connectivity index (χ1v) is 10.2. The van der Waals surface area contributed by atoms with Crippen LogP contribution in [0, 0.1) is 12.8 Å². The Hall–Kier alpha value is -2.34. The van der Waals surface area contributed by atoms with E-state index in [1.165, 1.54) is 11.1 Å². The molecule has 1 N–H and O–H groups in total. The van der Waals surface area contributed by atoms with Gasteiger partial charge in [0.25, 0.3) is 0 Å². The molecule has 6 nitrogen and oxygen atoms in total. The highest BCUT2D eigenvalue weighted by Gasteiger charge is 2.29. The topological polar surface area (TPSA) is 48.7 Å². The maximum absolute atomic E-state index is 4.58. The summed E-state index contributed by atoms with van der Waals surface area (Å²) in [5.74, 6) is 1.61. The van der Waals surface area contributed by atoms with Crippen molar-refractivity contribution in [3.05, 3.63) is 54.1 Å². The van der Waals surface area contributed by atoms with E-state index in [4.69, 9.17) is 0 Å². The van der Waals surface area contributed by atoms with Crippen molar-refractivity contribution in [2.24, 2.45) is 10.9 Å². The Morgan fingerprint density at radius 1 is 1.32 bits per heavy atom. The van der Waals surface area contributed by atoms with Crippen molar-refractivity contribution in [1.29, 1.82) is 0 Å². The van der Waals surface area contributed by atoms with E-state index in [1.807, 2.05) is 19.6 Å². The molecule has 3 unspecified atom stereocenters. The van der Waals surface area contributed by atoms with Crippen LogP contribution in [0.15, 0.2) is 48.0 Å². The third kappa shape index (κ3) is 4.73. The molecule has 1 fully saturated rings. The Bertz CT molecular complexity index is 750. The first-order valence-electron chi connectivity index (χ1n) is 10.2. The van der Waals surface area contributed by atoms with E-state index < -0.39 is 0 Å². The molecule has 6 heteroatoms. The van der Waals surface area contributed by atoms with E-state index in [-0.39, 0.29) is 0 Å². The number of likely N-dealkylation sites (N-methyl/N-ethyl adjacent to an activating group) is 1. The molecule has 0 radical (unpaired) electrons. The lowest BCUT2D eigenvalue weighted by Crippen LogP contribution is -2.50. The van der Waals surface area contributed by atoms with Gasteiger partial charge in [-0.3, -0.25) is 4.99 Å². The first kappa shape index (κ1) is 20.4. The quantitative estimate of drug-likeness (QED) is 0.638. The maximum Gasteiger partial charge on any atom is 0.193 e. The molecule has 2 aromatic rings. The largest absolute Gasteiger partial charge is 0.354 e. The number of rotatable bonds is 5. The number of aliphatic imine (C=N–C) groups is 1. The Morgan fingerprint density at radius 2 is 2.07 bits per heavy atom. The maximum atomic E-state index is 4.58. The lowest BCUT2D eigenvalue weighted by atomic mass is 9.93. The van der Waals surface area contributed by atoms with Crippen LogP contribution in [0.2, 0.25) is 0 Å². The zero-order valence-electron chi connectivity index (χ0n) is 17.8. The second kappa shape index (κ2) is 9.24. The van der Waals surface area contributed by atoms with Crippen LogP contribution in [0.25, 0.3) is 0 Å². The molecular weight excluding hydrogens is 348 g/mol. The minimum atomic E-state index is 0.297. The van der Waals surface area contributed by atoms with E-state index in [1.54, 1.807) is 0 Å². The smallest absolute Gasteiger partial charge is 0.193 e. The number of piperidine rings is 1. The number of benzene rings is 1. The van der Waals surface area contributed by atoms with E-state index in [0.29, 0.717) is 18.0 Å². The van der Waals surface area contributed by atoms with Gasteiger partial charge in [-0.25, -0.2) is 4.98 Å². The second-order valence-corrected chi connectivity index (χ2v) is 8.11. The number of hydrogen-bond donors (Lipinski definition) is 1. The molecule has 3 rings (SSSR count). The summed E-state index contributed by atoms with van der Waals surface area (Å²) < 4.78 is 2.24. The summed E-state index contributed by atoms with van der Waals surface area (Å²) in [5, 5.41) is 3.62. The summed E-state index contributed by atoms with van der Waals surface area (Å²) in [6.45, 7) is 7.27. The van der Waals surface area contributed by atoms with Crippen molar-refractivity contribution in [3.8, 4) is 0 Å². The predicted molar refractivity (Wildman–Crippen MR) is 116 cm³/mol. The number of nitrogens with zero attached hydrogens (tertiary/aromatic N) is 5. The van der Waals surface area contributed by atoms with Crippen molar-refractivity contribution < 1.29 is 0 Å². The fourth-order valence-corrected chi connectivity index (χ4v) is 4.00. The minimum Gasteiger partial charge on any atom is -0.354 e. The summed E-state index contributed by atoms with van der Waals surface area (Å²) >= 11 is 0. The molecule has 3 atom stereocenters. The second-order valence-electron chi connectivity index (χ2n) is 8.11. The van der Waals surface area contributed by atoms with Gasteiger partial charge < -0.3 is 19.7 Å². The van der Waals surface area contributed by atoms with Gasteiger partial charge in [0.05, 0.1) is 18.4 Å². The Morgan fingerprint density at radius 3 is 2.68 bits per heavy atom. The standard InChI is InChI=1S/C22H34N6/c1-17-6-8-19(9-7-17)20(26(4)5)14-25-22(23-3)27-12-10-18(2)21(15-27)28-13-11-24-16-28/h6-9,11,13,16,18,20-21H,10,12,14-15H2,1-5H3,(H,23,25). The van der Waals surface area contributed by atoms with E-state index >= 15 is 0 Å². The van der Waals surface area contributed by atoms with Gasteiger partial charge in [0.2, 0.25) is 0 Å². The Balaban J connectivity index is 1.67. The molecule has 1 aromatic heterocycles. The molecule has 152 valence electrons.